The van der Waals surface area contributed by atoms with E-state index < -0.39 is 17.2 Å². The van der Waals surface area contributed by atoms with E-state index in [0.717, 1.165) is 22.3 Å². The van der Waals surface area contributed by atoms with Crippen LogP contribution in [0.1, 0.15) is 59.6 Å². The Morgan fingerprint density at radius 3 is 2.26 bits per heavy atom. The van der Waals surface area contributed by atoms with Gasteiger partial charge >= 0.3 is 5.97 Å². The first kappa shape index (κ1) is 21.1. The van der Waals surface area contributed by atoms with Gasteiger partial charge in [-0.1, -0.05) is 31.2 Å². The highest BCUT2D eigenvalue weighted by atomic mass is 31.1. The topological polar surface area (TPSA) is 94.8 Å². The third-order valence-electron chi connectivity index (χ3n) is 4.98. The van der Waals surface area contributed by atoms with Crippen LogP contribution in [0, 0.1) is 13.8 Å². The average Bonchev–Trinajstić information content (AvgIpc) is 2.60. The maximum absolute atomic E-state index is 11.5. The molecule has 0 fully saturated rings. The van der Waals surface area contributed by atoms with Crippen LogP contribution in [0.5, 0.6) is 5.75 Å². The van der Waals surface area contributed by atoms with Gasteiger partial charge in [-0.3, -0.25) is 9.36 Å². The Bertz CT molecular complexity index is 850. The summed E-state index contributed by atoms with van der Waals surface area (Å²) in [6, 6.07) is 8.71. The minimum atomic E-state index is -1.43. The minimum absolute atomic E-state index is 0.0118. The fourth-order valence-electron chi connectivity index (χ4n) is 3.32. The SMILES string of the molecule is CCC(C(=O)O)c1cc(Cc2c(C)cc(C(C)(O)P=O)cc2C)ccc1O. The van der Waals surface area contributed by atoms with Crippen LogP contribution in [0.3, 0.4) is 0 Å². The van der Waals surface area contributed by atoms with Gasteiger partial charge in [-0.05, 0) is 67.5 Å². The van der Waals surface area contributed by atoms with Crippen molar-refractivity contribution in [3.63, 3.8) is 0 Å². The molecule has 2 unspecified atom stereocenters. The molecule has 0 aliphatic rings. The molecule has 0 spiro atoms. The Morgan fingerprint density at radius 1 is 1.19 bits per heavy atom. The smallest absolute Gasteiger partial charge is 0.311 e. The zero-order valence-electron chi connectivity index (χ0n) is 16.0. The van der Waals surface area contributed by atoms with Gasteiger partial charge in [0.25, 0.3) is 0 Å². The number of hydrogen-bond acceptors (Lipinski definition) is 4. The summed E-state index contributed by atoms with van der Waals surface area (Å²) in [4.78, 5) is 11.5. The van der Waals surface area contributed by atoms with Crippen molar-refractivity contribution in [1.29, 1.82) is 0 Å². The van der Waals surface area contributed by atoms with Crippen LogP contribution in [-0.2, 0) is 21.1 Å². The first-order valence-electron chi connectivity index (χ1n) is 8.82. The van der Waals surface area contributed by atoms with Crippen LogP contribution in [0.15, 0.2) is 30.3 Å². The van der Waals surface area contributed by atoms with E-state index in [9.17, 15) is 24.7 Å². The summed E-state index contributed by atoms with van der Waals surface area (Å²) in [6.45, 7) is 7.13. The molecule has 0 bridgehead atoms. The van der Waals surface area contributed by atoms with Crippen molar-refractivity contribution in [2.75, 3.05) is 0 Å². The van der Waals surface area contributed by atoms with Gasteiger partial charge in [0.2, 0.25) is 0 Å². The first-order chi connectivity index (χ1) is 12.6. The zero-order valence-corrected chi connectivity index (χ0v) is 16.9. The Hall–Kier alpha value is -2.23. The van der Waals surface area contributed by atoms with Crippen LogP contribution in [-0.4, -0.2) is 21.3 Å². The largest absolute Gasteiger partial charge is 0.508 e. The van der Waals surface area contributed by atoms with Crippen molar-refractivity contribution >= 4 is 14.4 Å². The Balaban J connectivity index is 2.43. The molecule has 27 heavy (non-hydrogen) atoms. The summed E-state index contributed by atoms with van der Waals surface area (Å²) in [5.41, 5.74) is 4.86. The fourth-order valence-corrected chi connectivity index (χ4v) is 3.56. The van der Waals surface area contributed by atoms with Crippen molar-refractivity contribution in [1.82, 2.24) is 0 Å². The first-order valence-corrected chi connectivity index (χ1v) is 9.64. The summed E-state index contributed by atoms with van der Waals surface area (Å²) < 4.78 is 11.2. The van der Waals surface area contributed by atoms with Crippen molar-refractivity contribution < 1.29 is 24.7 Å². The minimum Gasteiger partial charge on any atom is -0.508 e. The lowest BCUT2D eigenvalue weighted by atomic mass is 9.89. The second-order valence-corrected chi connectivity index (χ2v) is 8.12. The lowest BCUT2D eigenvalue weighted by Crippen LogP contribution is -2.14. The normalized spacial score (nSPS) is 14.7. The van der Waals surface area contributed by atoms with Gasteiger partial charge in [0.05, 0.1) is 5.92 Å². The van der Waals surface area contributed by atoms with Gasteiger partial charge in [0.1, 0.15) is 5.75 Å². The van der Waals surface area contributed by atoms with Crippen molar-refractivity contribution in [3.8, 4) is 5.75 Å². The van der Waals surface area contributed by atoms with Gasteiger partial charge in [0, 0.05) is 5.56 Å². The lowest BCUT2D eigenvalue weighted by molar-refractivity contribution is -0.138. The van der Waals surface area contributed by atoms with Crippen LogP contribution in [0.25, 0.3) is 0 Å². The maximum Gasteiger partial charge on any atom is 0.311 e. The Labute approximate surface area is 160 Å². The van der Waals surface area contributed by atoms with Gasteiger partial charge in [-0.15, -0.1) is 0 Å². The molecule has 0 saturated carbocycles. The number of carboxylic acid groups (broad SMARTS) is 1. The number of rotatable bonds is 7. The number of benzene rings is 2. The number of aromatic hydroxyl groups is 1. The predicted octanol–water partition coefficient (Wildman–Crippen LogP) is 4.63. The van der Waals surface area contributed by atoms with Gasteiger partial charge in [-0.2, -0.15) is 0 Å². The highest BCUT2D eigenvalue weighted by Gasteiger charge is 2.25. The molecule has 0 radical (unpaired) electrons. The molecule has 0 aromatic heterocycles. The average molecular weight is 388 g/mol. The summed E-state index contributed by atoms with van der Waals surface area (Å²) in [5, 5.41) is 28.3. The molecular formula is C21H25O5P. The second-order valence-electron chi connectivity index (χ2n) is 7.07. The van der Waals surface area contributed by atoms with E-state index in [2.05, 4.69) is 0 Å². The quantitative estimate of drug-likeness (QED) is 0.601. The van der Waals surface area contributed by atoms with E-state index in [4.69, 9.17) is 0 Å². The van der Waals surface area contributed by atoms with E-state index in [1.807, 2.05) is 26.0 Å². The molecule has 0 saturated heterocycles. The van der Waals surface area contributed by atoms with Crippen molar-refractivity contribution in [2.24, 2.45) is 0 Å². The number of aryl methyl sites for hydroxylation is 2. The number of phenols is 1. The van der Waals surface area contributed by atoms with Gasteiger partial charge in [-0.25, -0.2) is 0 Å². The van der Waals surface area contributed by atoms with Crippen LogP contribution < -0.4 is 0 Å². The molecule has 0 aliphatic carbocycles. The number of carbonyl (C=O) groups is 1. The number of aliphatic carboxylic acids is 1. The monoisotopic (exact) mass is 388 g/mol. The predicted molar refractivity (Wildman–Crippen MR) is 105 cm³/mol. The molecular weight excluding hydrogens is 363 g/mol. The summed E-state index contributed by atoms with van der Waals surface area (Å²) in [7, 11) is -0.360. The Kier molecular flexibility index (Phi) is 6.40. The number of carboxylic acids is 1. The number of hydrogen-bond donors (Lipinski definition) is 3. The molecule has 144 valence electrons. The molecule has 5 nitrogen and oxygen atoms in total. The highest BCUT2D eigenvalue weighted by molar-refractivity contribution is 7.25. The third kappa shape index (κ3) is 4.55. The number of phenolic OH excluding ortho intramolecular Hbond substituents is 1. The number of aliphatic hydroxyl groups is 1. The Morgan fingerprint density at radius 2 is 1.78 bits per heavy atom. The van der Waals surface area contributed by atoms with Crippen molar-refractivity contribution in [2.45, 2.75) is 51.8 Å². The molecule has 2 rings (SSSR count). The van der Waals surface area contributed by atoms with Crippen molar-refractivity contribution in [3.05, 3.63) is 63.7 Å². The van der Waals surface area contributed by atoms with Crippen LogP contribution in [0.4, 0.5) is 0 Å². The standard InChI is InChI=1S/C21H25O5P/c1-5-16(20(23)24)18-11-14(6-7-19(18)22)10-17-12(2)8-15(9-13(17)3)21(4,25)27-26/h6-9,11,16,22,25H,5,10H2,1-4H3,(H,23,24). The second kappa shape index (κ2) is 8.20. The molecule has 3 N–H and O–H groups in total. The zero-order chi connectivity index (χ0) is 20.4. The fraction of sp³-hybridized carbons (Fsp3) is 0.381. The summed E-state index contributed by atoms with van der Waals surface area (Å²) in [6.07, 6.45) is 0.959. The molecule has 2 aromatic carbocycles. The van der Waals surface area contributed by atoms with Crippen LogP contribution >= 0.6 is 8.46 Å². The van der Waals surface area contributed by atoms with E-state index in [-0.39, 0.29) is 14.2 Å². The summed E-state index contributed by atoms with van der Waals surface area (Å²) >= 11 is 0. The van der Waals surface area contributed by atoms with Gasteiger partial charge in [0.15, 0.2) is 13.8 Å². The molecule has 2 aromatic rings. The summed E-state index contributed by atoms with van der Waals surface area (Å²) in [5.74, 6) is -1.72. The lowest BCUT2D eigenvalue weighted by Gasteiger charge is -2.20. The molecule has 6 heteroatoms. The molecule has 0 aliphatic heterocycles. The van der Waals surface area contributed by atoms with E-state index >= 15 is 0 Å². The third-order valence-corrected chi connectivity index (χ3v) is 5.59. The maximum atomic E-state index is 11.5. The van der Waals surface area contributed by atoms with E-state index in [1.54, 1.807) is 19.1 Å². The molecule has 0 heterocycles. The van der Waals surface area contributed by atoms with Crippen LogP contribution in [0.2, 0.25) is 0 Å². The molecule has 2 atom stereocenters. The van der Waals surface area contributed by atoms with Gasteiger partial charge < -0.3 is 15.3 Å². The van der Waals surface area contributed by atoms with E-state index in [1.165, 1.54) is 13.0 Å². The molecule has 0 amide bonds. The van der Waals surface area contributed by atoms with E-state index in [0.29, 0.717) is 24.0 Å². The highest BCUT2D eigenvalue weighted by Crippen LogP contribution is 2.35.